The van der Waals surface area contributed by atoms with Gasteiger partial charge in [-0.15, -0.1) is 0 Å². The number of methoxy groups -OCH3 is 2. The Kier molecular flexibility index (Phi) is 9.09. The summed E-state index contributed by atoms with van der Waals surface area (Å²) in [6.45, 7) is 6.57. The lowest BCUT2D eigenvalue weighted by atomic mass is 9.69. The summed E-state index contributed by atoms with van der Waals surface area (Å²) in [5, 5.41) is 3.26. The second-order valence-corrected chi connectivity index (χ2v) is 8.90. The molecule has 1 aliphatic carbocycles. The number of hydrogen-bond acceptors (Lipinski definition) is 8. The van der Waals surface area contributed by atoms with Gasteiger partial charge in [-0.2, -0.15) is 0 Å². The summed E-state index contributed by atoms with van der Waals surface area (Å²) in [6, 6.07) is 7.40. The number of dihydropyridines is 1. The third kappa shape index (κ3) is 5.59. The molecule has 35 heavy (non-hydrogen) atoms. The summed E-state index contributed by atoms with van der Waals surface area (Å²) in [5.41, 5.74) is 2.70. The maximum absolute atomic E-state index is 13.8. The van der Waals surface area contributed by atoms with Crippen molar-refractivity contribution in [3.8, 4) is 5.75 Å². The zero-order chi connectivity index (χ0) is 25.5. The molecule has 0 unspecified atom stereocenters. The van der Waals surface area contributed by atoms with Crippen LogP contribution in [0.1, 0.15) is 51.5 Å². The van der Waals surface area contributed by atoms with Gasteiger partial charge >= 0.3 is 11.9 Å². The van der Waals surface area contributed by atoms with Crippen LogP contribution < -0.4 is 10.1 Å². The van der Waals surface area contributed by atoms with Crippen molar-refractivity contribution in [1.29, 1.82) is 0 Å². The number of ether oxygens (including phenoxy) is 4. The molecule has 0 bridgehead atoms. The molecular formula is C27H35NO7. The Morgan fingerprint density at radius 1 is 1.11 bits per heavy atom. The molecule has 2 aliphatic rings. The van der Waals surface area contributed by atoms with Crippen molar-refractivity contribution in [1.82, 2.24) is 5.32 Å². The Morgan fingerprint density at radius 2 is 1.86 bits per heavy atom. The minimum absolute atomic E-state index is 0.0785. The molecule has 0 saturated heterocycles. The molecule has 0 radical (unpaired) electrons. The number of unbranched alkanes of at least 4 members (excludes halogenated alkanes) is 1. The molecule has 0 saturated carbocycles. The Hall–Kier alpha value is -3.13. The summed E-state index contributed by atoms with van der Waals surface area (Å²) in [6.07, 6.45) is 2.31. The number of ketones is 1. The zero-order valence-electron chi connectivity index (χ0n) is 21.1. The van der Waals surface area contributed by atoms with E-state index in [-0.39, 0.29) is 24.9 Å². The first-order chi connectivity index (χ1) is 16.8. The highest BCUT2D eigenvalue weighted by Crippen LogP contribution is 2.47. The zero-order valence-corrected chi connectivity index (χ0v) is 21.1. The average Bonchev–Trinajstić information content (AvgIpc) is 2.83. The minimum atomic E-state index is -0.944. The molecule has 0 aromatic heterocycles. The highest BCUT2D eigenvalue weighted by molar-refractivity contribution is 6.12. The van der Waals surface area contributed by atoms with E-state index >= 15 is 0 Å². The Morgan fingerprint density at radius 3 is 2.54 bits per heavy atom. The second-order valence-electron chi connectivity index (χ2n) is 8.90. The minimum Gasteiger partial charge on any atom is -0.493 e. The van der Waals surface area contributed by atoms with E-state index in [1.165, 1.54) is 14.2 Å². The van der Waals surface area contributed by atoms with Crippen LogP contribution in [0.25, 0.3) is 0 Å². The van der Waals surface area contributed by atoms with Crippen LogP contribution in [0.2, 0.25) is 0 Å². The highest BCUT2D eigenvalue weighted by atomic mass is 16.6. The van der Waals surface area contributed by atoms with Crippen LogP contribution in [0.4, 0.5) is 0 Å². The van der Waals surface area contributed by atoms with Gasteiger partial charge in [-0.3, -0.25) is 9.59 Å². The van der Waals surface area contributed by atoms with Gasteiger partial charge in [0, 0.05) is 29.6 Å². The summed E-state index contributed by atoms with van der Waals surface area (Å²) in [5.74, 6) is -2.81. The predicted octanol–water partition coefficient (Wildman–Crippen LogP) is 3.67. The first-order valence-electron chi connectivity index (χ1n) is 12.1. The molecule has 3 rings (SSSR count). The number of para-hydroxylation sites is 1. The van der Waals surface area contributed by atoms with Crippen molar-refractivity contribution in [3.05, 3.63) is 52.4 Å². The van der Waals surface area contributed by atoms with Gasteiger partial charge in [-0.25, -0.2) is 4.79 Å². The first kappa shape index (κ1) is 26.5. The number of carbonyl (C=O) groups is 3. The summed E-state index contributed by atoms with van der Waals surface area (Å²) >= 11 is 0. The lowest BCUT2D eigenvalue weighted by Crippen LogP contribution is -2.43. The van der Waals surface area contributed by atoms with Crippen LogP contribution >= 0.6 is 0 Å². The van der Waals surface area contributed by atoms with Crippen molar-refractivity contribution in [2.75, 3.05) is 34.0 Å². The van der Waals surface area contributed by atoms with Gasteiger partial charge in [0.25, 0.3) is 0 Å². The van der Waals surface area contributed by atoms with E-state index in [1.54, 1.807) is 6.92 Å². The van der Waals surface area contributed by atoms with E-state index in [1.807, 2.05) is 31.2 Å². The maximum atomic E-state index is 13.8. The van der Waals surface area contributed by atoms with Crippen molar-refractivity contribution in [2.24, 2.45) is 11.8 Å². The molecule has 0 amide bonds. The number of esters is 2. The number of nitrogens with one attached hydrogen (secondary N) is 1. The Labute approximate surface area is 206 Å². The van der Waals surface area contributed by atoms with Gasteiger partial charge in [-0.05, 0) is 31.7 Å². The van der Waals surface area contributed by atoms with E-state index in [0.29, 0.717) is 46.9 Å². The SMILES string of the molecule is CCCCOc1ccccc1[C@@H]1C(C(=O)OCCOC)=C(C)NC2=C1C(=O)[C@@H](C(=O)OC)[C@H](C)C2. The van der Waals surface area contributed by atoms with E-state index < -0.39 is 23.8 Å². The average molecular weight is 486 g/mol. The standard InChI is InChI=1S/C27H35NO7/c1-6-7-12-34-20-11-9-8-10-18(20)23-22(27(31)35-14-13-32-4)17(3)28-19-15-16(2)21(26(30)33-5)25(29)24(19)23/h8-11,16,21,23,28H,6-7,12-15H2,1-5H3/t16-,21+,23-/m1/s1. The van der Waals surface area contributed by atoms with Crippen molar-refractivity contribution >= 4 is 17.7 Å². The van der Waals surface area contributed by atoms with E-state index in [2.05, 4.69) is 12.2 Å². The number of rotatable bonds is 10. The van der Waals surface area contributed by atoms with Crippen LogP contribution in [-0.4, -0.2) is 51.8 Å². The van der Waals surface area contributed by atoms with Gasteiger partial charge < -0.3 is 24.3 Å². The lowest BCUT2D eigenvalue weighted by molar-refractivity contribution is -0.151. The largest absolute Gasteiger partial charge is 0.493 e. The third-order valence-corrected chi connectivity index (χ3v) is 6.47. The van der Waals surface area contributed by atoms with Crippen LogP contribution in [-0.2, 0) is 28.6 Å². The molecule has 8 nitrogen and oxygen atoms in total. The normalized spacial score (nSPS) is 21.9. The van der Waals surface area contributed by atoms with E-state index in [9.17, 15) is 14.4 Å². The van der Waals surface area contributed by atoms with Gasteiger partial charge in [0.1, 0.15) is 18.3 Å². The molecule has 1 aromatic carbocycles. The number of Topliss-reactive ketones (excluding diaryl/α,β-unsaturated/α-hetero) is 1. The molecule has 0 spiro atoms. The molecule has 0 fully saturated rings. The molecule has 1 aromatic rings. The van der Waals surface area contributed by atoms with Gasteiger partial charge in [0.05, 0.1) is 31.8 Å². The fraction of sp³-hybridized carbons (Fsp3) is 0.519. The van der Waals surface area contributed by atoms with E-state index in [4.69, 9.17) is 18.9 Å². The molecule has 1 heterocycles. The Bertz CT molecular complexity index is 1030. The highest BCUT2D eigenvalue weighted by Gasteiger charge is 2.47. The molecule has 190 valence electrons. The predicted molar refractivity (Wildman–Crippen MR) is 130 cm³/mol. The maximum Gasteiger partial charge on any atom is 0.336 e. The molecule has 1 N–H and O–H groups in total. The van der Waals surface area contributed by atoms with Crippen molar-refractivity contribution in [3.63, 3.8) is 0 Å². The third-order valence-electron chi connectivity index (χ3n) is 6.47. The summed E-state index contributed by atoms with van der Waals surface area (Å²) in [7, 11) is 2.81. The number of allylic oxidation sites excluding steroid dienone is 3. The first-order valence-corrected chi connectivity index (χ1v) is 12.1. The monoisotopic (exact) mass is 485 g/mol. The number of carbonyl (C=O) groups excluding carboxylic acids is 3. The second kappa shape index (κ2) is 12.0. The van der Waals surface area contributed by atoms with E-state index in [0.717, 1.165) is 12.8 Å². The van der Waals surface area contributed by atoms with Crippen LogP contribution in [0.15, 0.2) is 46.8 Å². The van der Waals surface area contributed by atoms with Crippen LogP contribution in [0.3, 0.4) is 0 Å². The smallest absolute Gasteiger partial charge is 0.336 e. The van der Waals surface area contributed by atoms with Crippen LogP contribution in [0, 0.1) is 11.8 Å². The van der Waals surface area contributed by atoms with Gasteiger partial charge in [-0.1, -0.05) is 38.5 Å². The topological polar surface area (TPSA) is 100 Å². The Balaban J connectivity index is 2.14. The van der Waals surface area contributed by atoms with Crippen LogP contribution in [0.5, 0.6) is 5.75 Å². The number of benzene rings is 1. The molecule has 8 heteroatoms. The molecule has 3 atom stereocenters. The number of hydrogen-bond donors (Lipinski definition) is 1. The van der Waals surface area contributed by atoms with Crippen molar-refractivity contribution in [2.45, 2.75) is 46.0 Å². The van der Waals surface area contributed by atoms with Crippen molar-refractivity contribution < 1.29 is 33.3 Å². The summed E-state index contributed by atoms with van der Waals surface area (Å²) < 4.78 is 21.5. The molecule has 1 aliphatic heterocycles. The fourth-order valence-corrected chi connectivity index (χ4v) is 4.73. The van der Waals surface area contributed by atoms with Gasteiger partial charge in [0.2, 0.25) is 0 Å². The molecular weight excluding hydrogens is 450 g/mol. The summed E-state index contributed by atoms with van der Waals surface area (Å²) in [4.78, 5) is 39.7. The fourth-order valence-electron chi connectivity index (χ4n) is 4.73. The van der Waals surface area contributed by atoms with Gasteiger partial charge in [0.15, 0.2) is 5.78 Å². The lowest BCUT2D eigenvalue weighted by Gasteiger charge is -2.38. The quantitative estimate of drug-likeness (QED) is 0.304.